The molecule has 2 aromatic rings. The van der Waals surface area contributed by atoms with Crippen LogP contribution in [0, 0.1) is 0 Å². The van der Waals surface area contributed by atoms with Crippen LogP contribution in [0.4, 0.5) is 5.69 Å². The molecule has 7 nitrogen and oxygen atoms in total. The van der Waals surface area contributed by atoms with Crippen molar-refractivity contribution in [2.75, 3.05) is 24.2 Å². The highest BCUT2D eigenvalue weighted by molar-refractivity contribution is 7.92. The Morgan fingerprint density at radius 3 is 2.15 bits per heavy atom. The van der Waals surface area contributed by atoms with Crippen molar-refractivity contribution in [1.82, 2.24) is 10.2 Å². The fourth-order valence-electron chi connectivity index (χ4n) is 3.21. The van der Waals surface area contributed by atoms with Crippen molar-refractivity contribution in [2.45, 2.75) is 25.9 Å². The quantitative estimate of drug-likeness (QED) is 0.490. The van der Waals surface area contributed by atoms with Crippen molar-refractivity contribution in [3.63, 3.8) is 0 Å². The number of carbonyl (C=O) groups excluding carboxylic acids is 2. The average Bonchev–Trinajstić information content (AvgIpc) is 2.74. The number of hydrogen-bond donors (Lipinski definition) is 1. The van der Waals surface area contributed by atoms with Gasteiger partial charge in [-0.3, -0.25) is 13.9 Å². The molecular formula is C21H23Cl4N3O4S. The van der Waals surface area contributed by atoms with Crippen LogP contribution in [0.15, 0.2) is 36.4 Å². The standard InChI is InChI=1S/C21H23Cl4N3O4S/c1-4-18(21(30)26-2)27(11-14-15(23)6-5-7-16(14)24)20(29)12-28(33(3,31)32)19-10-13(22)8-9-17(19)25/h5-10,18H,4,11-12H2,1-3H3,(H,26,30)/t18-/m1/s1. The second-order valence-electron chi connectivity index (χ2n) is 7.13. The van der Waals surface area contributed by atoms with Crippen LogP contribution in [0.25, 0.3) is 0 Å². The van der Waals surface area contributed by atoms with Crippen molar-refractivity contribution in [2.24, 2.45) is 0 Å². The highest BCUT2D eigenvalue weighted by Crippen LogP contribution is 2.31. The Morgan fingerprint density at radius 2 is 1.64 bits per heavy atom. The lowest BCUT2D eigenvalue weighted by Crippen LogP contribution is -2.51. The fourth-order valence-corrected chi connectivity index (χ4v) is 5.02. The normalized spacial score (nSPS) is 12.2. The first-order chi connectivity index (χ1) is 15.4. The van der Waals surface area contributed by atoms with Crippen LogP contribution in [0.5, 0.6) is 0 Å². The summed E-state index contributed by atoms with van der Waals surface area (Å²) < 4.78 is 26.0. The maximum absolute atomic E-state index is 13.5. The summed E-state index contributed by atoms with van der Waals surface area (Å²) in [5.74, 6) is -1.07. The summed E-state index contributed by atoms with van der Waals surface area (Å²) in [4.78, 5) is 27.3. The number of carbonyl (C=O) groups is 2. The highest BCUT2D eigenvalue weighted by atomic mass is 35.5. The minimum absolute atomic E-state index is 0.0451. The minimum atomic E-state index is -3.94. The van der Waals surface area contributed by atoms with Gasteiger partial charge < -0.3 is 10.2 Å². The van der Waals surface area contributed by atoms with Crippen LogP contribution >= 0.6 is 46.4 Å². The molecule has 2 rings (SSSR count). The fraction of sp³-hybridized carbons (Fsp3) is 0.333. The molecule has 0 saturated carbocycles. The van der Waals surface area contributed by atoms with E-state index in [1.165, 1.54) is 30.1 Å². The lowest BCUT2D eigenvalue weighted by Gasteiger charge is -2.33. The van der Waals surface area contributed by atoms with Gasteiger partial charge in [-0.25, -0.2) is 8.42 Å². The average molecular weight is 555 g/mol. The number of amides is 2. The molecule has 2 aromatic carbocycles. The van der Waals surface area contributed by atoms with Gasteiger partial charge in [0.05, 0.1) is 17.0 Å². The van der Waals surface area contributed by atoms with Crippen LogP contribution < -0.4 is 9.62 Å². The maximum Gasteiger partial charge on any atom is 0.244 e. The van der Waals surface area contributed by atoms with Crippen molar-refractivity contribution >= 4 is 73.9 Å². The van der Waals surface area contributed by atoms with Gasteiger partial charge in [-0.2, -0.15) is 0 Å². The molecule has 1 atom stereocenters. The number of hydrogen-bond acceptors (Lipinski definition) is 4. The van der Waals surface area contributed by atoms with Crippen LogP contribution in [-0.4, -0.2) is 51.0 Å². The summed E-state index contributed by atoms with van der Waals surface area (Å²) in [7, 11) is -2.49. The zero-order valence-electron chi connectivity index (χ0n) is 18.1. The molecule has 0 aromatic heterocycles. The highest BCUT2D eigenvalue weighted by Gasteiger charge is 2.32. The third kappa shape index (κ3) is 6.90. The summed E-state index contributed by atoms with van der Waals surface area (Å²) in [5.41, 5.74) is 0.479. The molecule has 1 N–H and O–H groups in total. The lowest BCUT2D eigenvalue weighted by atomic mass is 10.1. The second-order valence-corrected chi connectivity index (χ2v) is 10.7. The summed E-state index contributed by atoms with van der Waals surface area (Å²) >= 11 is 24.8. The first kappa shape index (κ1) is 27.5. The molecule has 33 heavy (non-hydrogen) atoms. The Balaban J connectivity index is 2.53. The predicted octanol–water partition coefficient (Wildman–Crippen LogP) is 4.62. The first-order valence-corrected chi connectivity index (χ1v) is 13.1. The van der Waals surface area contributed by atoms with Gasteiger partial charge >= 0.3 is 0 Å². The Bertz CT molecular complexity index is 1120. The molecule has 0 unspecified atom stereocenters. The van der Waals surface area contributed by atoms with Gasteiger partial charge in [0, 0.05) is 34.2 Å². The lowest BCUT2D eigenvalue weighted by molar-refractivity contribution is -0.140. The second kappa shape index (κ2) is 11.6. The predicted molar refractivity (Wildman–Crippen MR) is 134 cm³/mol. The zero-order valence-corrected chi connectivity index (χ0v) is 22.0. The molecule has 0 aliphatic heterocycles. The molecule has 0 radical (unpaired) electrons. The number of benzene rings is 2. The van der Waals surface area contributed by atoms with E-state index in [0.717, 1.165) is 10.6 Å². The van der Waals surface area contributed by atoms with Crippen LogP contribution in [-0.2, 0) is 26.2 Å². The van der Waals surface area contributed by atoms with E-state index in [2.05, 4.69) is 5.32 Å². The Hall–Kier alpha value is -1.71. The van der Waals surface area contributed by atoms with Crippen LogP contribution in [0.2, 0.25) is 20.1 Å². The molecule has 2 amide bonds. The number of nitrogens with zero attached hydrogens (tertiary/aromatic N) is 2. The number of sulfonamides is 1. The van der Waals surface area contributed by atoms with E-state index < -0.39 is 34.4 Å². The van der Waals surface area contributed by atoms with Crippen molar-refractivity contribution in [3.8, 4) is 0 Å². The molecule has 12 heteroatoms. The summed E-state index contributed by atoms with van der Waals surface area (Å²) in [6.45, 7) is 1.01. The molecular weight excluding hydrogens is 532 g/mol. The monoisotopic (exact) mass is 553 g/mol. The smallest absolute Gasteiger partial charge is 0.244 e. The third-order valence-corrected chi connectivity index (χ3v) is 7.27. The van der Waals surface area contributed by atoms with Crippen molar-refractivity contribution < 1.29 is 18.0 Å². The van der Waals surface area contributed by atoms with E-state index in [1.54, 1.807) is 25.1 Å². The molecule has 180 valence electrons. The summed E-state index contributed by atoms with van der Waals surface area (Å²) in [6.07, 6.45) is 1.22. The molecule has 0 bridgehead atoms. The van der Waals surface area contributed by atoms with E-state index in [4.69, 9.17) is 46.4 Å². The van der Waals surface area contributed by atoms with Gasteiger partial charge in [0.25, 0.3) is 0 Å². The Kier molecular flexibility index (Phi) is 9.70. The van der Waals surface area contributed by atoms with E-state index in [-0.39, 0.29) is 28.7 Å². The number of anilines is 1. The minimum Gasteiger partial charge on any atom is -0.357 e. The number of halogens is 4. The van der Waals surface area contributed by atoms with Gasteiger partial charge in [-0.05, 0) is 36.8 Å². The zero-order chi connectivity index (χ0) is 24.9. The van der Waals surface area contributed by atoms with Gasteiger partial charge in [0.2, 0.25) is 21.8 Å². The van der Waals surface area contributed by atoms with Gasteiger partial charge in [0.15, 0.2) is 0 Å². The van der Waals surface area contributed by atoms with Crippen molar-refractivity contribution in [1.29, 1.82) is 0 Å². The topological polar surface area (TPSA) is 86.8 Å². The first-order valence-electron chi connectivity index (χ1n) is 9.77. The van der Waals surface area contributed by atoms with E-state index in [1.807, 2.05) is 0 Å². The summed E-state index contributed by atoms with van der Waals surface area (Å²) in [6, 6.07) is 8.27. The maximum atomic E-state index is 13.5. The Labute approximate surface area is 213 Å². The summed E-state index contributed by atoms with van der Waals surface area (Å²) in [5, 5.41) is 3.49. The molecule has 0 aliphatic carbocycles. The number of nitrogens with one attached hydrogen (secondary N) is 1. The van der Waals surface area contributed by atoms with E-state index in [0.29, 0.717) is 15.6 Å². The molecule has 0 fully saturated rings. The van der Waals surface area contributed by atoms with E-state index >= 15 is 0 Å². The molecule has 0 spiro atoms. The number of rotatable bonds is 9. The third-order valence-electron chi connectivity index (χ3n) is 4.88. The van der Waals surface area contributed by atoms with Gasteiger partial charge in [-0.15, -0.1) is 0 Å². The van der Waals surface area contributed by atoms with Crippen LogP contribution in [0.1, 0.15) is 18.9 Å². The van der Waals surface area contributed by atoms with Gasteiger partial charge in [0.1, 0.15) is 12.6 Å². The molecule has 0 saturated heterocycles. The van der Waals surface area contributed by atoms with Crippen molar-refractivity contribution in [3.05, 3.63) is 62.1 Å². The SMILES string of the molecule is CC[C@H](C(=O)NC)N(Cc1c(Cl)cccc1Cl)C(=O)CN(c1cc(Cl)ccc1Cl)S(C)(=O)=O. The molecule has 0 heterocycles. The van der Waals surface area contributed by atoms with E-state index in [9.17, 15) is 18.0 Å². The van der Waals surface area contributed by atoms with Gasteiger partial charge in [-0.1, -0.05) is 59.4 Å². The Morgan fingerprint density at radius 1 is 1.03 bits per heavy atom. The largest absolute Gasteiger partial charge is 0.357 e. The van der Waals surface area contributed by atoms with Crippen LogP contribution in [0.3, 0.4) is 0 Å². The molecule has 0 aliphatic rings. The number of likely N-dealkylation sites (N-methyl/N-ethyl adjacent to an activating group) is 1.